The lowest BCUT2D eigenvalue weighted by molar-refractivity contribution is 0.0640. The van der Waals surface area contributed by atoms with Gasteiger partial charge in [-0.3, -0.25) is 9.59 Å². The Morgan fingerprint density at radius 3 is 2.61 bits per heavy atom. The summed E-state index contributed by atoms with van der Waals surface area (Å²) in [5, 5.41) is 12.1. The predicted octanol–water partition coefficient (Wildman–Crippen LogP) is 0.637. The molecule has 5 nitrogen and oxygen atoms in total. The zero-order chi connectivity index (χ0) is 13.3. The molecule has 98 valence electrons. The van der Waals surface area contributed by atoms with Gasteiger partial charge in [0.1, 0.15) is 5.56 Å². The van der Waals surface area contributed by atoms with Gasteiger partial charge in [0.15, 0.2) is 0 Å². The van der Waals surface area contributed by atoms with E-state index < -0.39 is 11.4 Å². The van der Waals surface area contributed by atoms with E-state index in [9.17, 15) is 14.7 Å². The van der Waals surface area contributed by atoms with Crippen LogP contribution < -0.4 is 10.9 Å². The fourth-order valence-corrected chi connectivity index (χ4v) is 2.37. The van der Waals surface area contributed by atoms with Gasteiger partial charge in [0.25, 0.3) is 11.5 Å². The van der Waals surface area contributed by atoms with E-state index in [-0.39, 0.29) is 17.7 Å². The lowest BCUT2D eigenvalue weighted by Crippen LogP contribution is -2.56. The second-order valence-corrected chi connectivity index (χ2v) is 5.09. The van der Waals surface area contributed by atoms with Gasteiger partial charge >= 0.3 is 0 Å². The van der Waals surface area contributed by atoms with E-state index in [1.54, 1.807) is 19.9 Å². The number of nitrogens with one attached hydrogen (secondary N) is 2. The molecule has 0 spiro atoms. The third-order valence-electron chi connectivity index (χ3n) is 3.58. The Bertz CT molecular complexity index is 524. The summed E-state index contributed by atoms with van der Waals surface area (Å²) in [5.41, 5.74) is 0.620. The number of rotatable bonds is 3. The summed E-state index contributed by atoms with van der Waals surface area (Å²) in [6.07, 6.45) is 2.51. The molecule has 0 saturated heterocycles. The minimum atomic E-state index is -0.527. The van der Waals surface area contributed by atoms with Gasteiger partial charge < -0.3 is 15.4 Å². The van der Waals surface area contributed by atoms with Crippen molar-refractivity contribution in [2.75, 3.05) is 6.61 Å². The fraction of sp³-hybridized carbons (Fsp3) is 0.538. The van der Waals surface area contributed by atoms with E-state index in [1.165, 1.54) is 0 Å². The number of hydrogen-bond acceptors (Lipinski definition) is 3. The minimum absolute atomic E-state index is 0.0818. The van der Waals surface area contributed by atoms with Crippen LogP contribution in [0.4, 0.5) is 0 Å². The fourth-order valence-electron chi connectivity index (χ4n) is 2.37. The summed E-state index contributed by atoms with van der Waals surface area (Å²) in [6, 6.07) is 1.77. The van der Waals surface area contributed by atoms with Crippen molar-refractivity contribution in [2.24, 2.45) is 0 Å². The van der Waals surface area contributed by atoms with Crippen molar-refractivity contribution in [1.29, 1.82) is 0 Å². The average Bonchev–Trinajstić information content (AvgIpc) is 2.21. The number of carbonyl (C=O) groups excluding carboxylic acids is 1. The number of aliphatic hydroxyl groups is 1. The molecule has 0 unspecified atom stereocenters. The molecule has 1 aliphatic carbocycles. The Balaban J connectivity index is 2.27. The molecule has 3 N–H and O–H groups in total. The number of carbonyl (C=O) groups is 1. The number of aliphatic hydroxyl groups excluding tert-OH is 1. The van der Waals surface area contributed by atoms with Crippen LogP contribution in [0.25, 0.3) is 0 Å². The van der Waals surface area contributed by atoms with Crippen molar-refractivity contribution in [1.82, 2.24) is 10.3 Å². The van der Waals surface area contributed by atoms with E-state index in [0.29, 0.717) is 5.56 Å². The van der Waals surface area contributed by atoms with Crippen LogP contribution in [0.1, 0.15) is 40.9 Å². The van der Waals surface area contributed by atoms with Crippen LogP contribution in [-0.2, 0) is 0 Å². The maximum absolute atomic E-state index is 12.1. The van der Waals surface area contributed by atoms with Crippen molar-refractivity contribution in [3.05, 3.63) is 33.2 Å². The Morgan fingerprint density at radius 2 is 2.17 bits per heavy atom. The first-order valence-electron chi connectivity index (χ1n) is 6.11. The van der Waals surface area contributed by atoms with Gasteiger partial charge in [0, 0.05) is 5.69 Å². The minimum Gasteiger partial charge on any atom is -0.394 e. The number of amides is 1. The molecule has 0 radical (unpaired) electrons. The first kappa shape index (κ1) is 12.8. The Labute approximate surface area is 105 Å². The zero-order valence-corrected chi connectivity index (χ0v) is 10.7. The Morgan fingerprint density at radius 1 is 1.50 bits per heavy atom. The van der Waals surface area contributed by atoms with E-state index >= 15 is 0 Å². The summed E-state index contributed by atoms with van der Waals surface area (Å²) in [5.74, 6) is -0.400. The molecule has 1 aromatic rings. The van der Waals surface area contributed by atoms with Crippen LogP contribution >= 0.6 is 0 Å². The third-order valence-corrected chi connectivity index (χ3v) is 3.58. The Kier molecular flexibility index (Phi) is 3.26. The first-order valence-corrected chi connectivity index (χ1v) is 6.11. The van der Waals surface area contributed by atoms with E-state index in [4.69, 9.17) is 0 Å². The molecule has 1 aliphatic rings. The molecule has 0 aliphatic heterocycles. The molecule has 1 heterocycles. The van der Waals surface area contributed by atoms with Gasteiger partial charge in [-0.15, -0.1) is 0 Å². The second kappa shape index (κ2) is 4.57. The highest BCUT2D eigenvalue weighted by Gasteiger charge is 2.38. The van der Waals surface area contributed by atoms with Crippen LogP contribution in [-0.4, -0.2) is 28.1 Å². The highest BCUT2D eigenvalue weighted by atomic mass is 16.3. The van der Waals surface area contributed by atoms with Gasteiger partial charge in [-0.05, 0) is 44.7 Å². The van der Waals surface area contributed by atoms with Crippen molar-refractivity contribution in [3.63, 3.8) is 0 Å². The summed E-state index contributed by atoms with van der Waals surface area (Å²) < 4.78 is 0. The molecule has 1 amide bonds. The molecular weight excluding hydrogens is 232 g/mol. The van der Waals surface area contributed by atoms with Crippen molar-refractivity contribution in [2.45, 2.75) is 38.6 Å². The predicted molar refractivity (Wildman–Crippen MR) is 67.7 cm³/mol. The van der Waals surface area contributed by atoms with Gasteiger partial charge in [-0.1, -0.05) is 0 Å². The lowest BCUT2D eigenvalue weighted by Gasteiger charge is -2.40. The molecule has 1 aromatic heterocycles. The molecule has 1 saturated carbocycles. The van der Waals surface area contributed by atoms with Crippen LogP contribution in [0, 0.1) is 13.8 Å². The standard InChI is InChI=1S/C13H18N2O3/c1-8-6-9(2)14-11(17)10(8)12(18)15-13(7-16)4-3-5-13/h6,16H,3-5,7H2,1-2H3,(H,14,17)(H,15,18). The number of hydrogen-bond donors (Lipinski definition) is 3. The topological polar surface area (TPSA) is 82.2 Å². The molecular formula is C13H18N2O3. The normalized spacial score (nSPS) is 17.1. The van der Waals surface area contributed by atoms with Crippen molar-refractivity contribution < 1.29 is 9.90 Å². The Hall–Kier alpha value is -1.62. The number of aryl methyl sites for hydroxylation is 2. The molecule has 5 heteroatoms. The maximum atomic E-state index is 12.1. The van der Waals surface area contributed by atoms with E-state index in [2.05, 4.69) is 10.3 Å². The first-order chi connectivity index (χ1) is 8.47. The molecule has 0 aromatic carbocycles. The summed E-state index contributed by atoms with van der Waals surface area (Å²) in [7, 11) is 0. The SMILES string of the molecule is Cc1cc(C)c(C(=O)NC2(CO)CCC2)c(=O)[nH]1. The highest BCUT2D eigenvalue weighted by molar-refractivity contribution is 5.95. The number of aromatic nitrogens is 1. The molecule has 0 bridgehead atoms. The molecule has 2 rings (SSSR count). The third kappa shape index (κ3) is 2.18. The summed E-state index contributed by atoms with van der Waals surface area (Å²) >= 11 is 0. The molecule has 18 heavy (non-hydrogen) atoms. The highest BCUT2D eigenvalue weighted by Crippen LogP contribution is 2.31. The number of H-pyrrole nitrogens is 1. The van der Waals surface area contributed by atoms with Gasteiger partial charge in [0.05, 0.1) is 12.1 Å². The average molecular weight is 250 g/mol. The van der Waals surface area contributed by atoms with Crippen molar-refractivity contribution >= 4 is 5.91 Å². The number of pyridine rings is 1. The monoisotopic (exact) mass is 250 g/mol. The van der Waals surface area contributed by atoms with Crippen LogP contribution in [0.5, 0.6) is 0 Å². The summed E-state index contributed by atoms with van der Waals surface area (Å²) in [4.78, 5) is 26.5. The van der Waals surface area contributed by atoms with Crippen LogP contribution in [0.2, 0.25) is 0 Å². The van der Waals surface area contributed by atoms with Crippen LogP contribution in [0.3, 0.4) is 0 Å². The van der Waals surface area contributed by atoms with Gasteiger partial charge in [-0.25, -0.2) is 0 Å². The number of aromatic amines is 1. The summed E-state index contributed by atoms with van der Waals surface area (Å²) in [6.45, 7) is 3.43. The van der Waals surface area contributed by atoms with E-state index in [1.807, 2.05) is 0 Å². The maximum Gasteiger partial charge on any atom is 0.261 e. The largest absolute Gasteiger partial charge is 0.394 e. The quantitative estimate of drug-likeness (QED) is 0.736. The van der Waals surface area contributed by atoms with Gasteiger partial charge in [0.2, 0.25) is 0 Å². The van der Waals surface area contributed by atoms with E-state index in [0.717, 1.165) is 25.0 Å². The second-order valence-electron chi connectivity index (χ2n) is 5.09. The zero-order valence-electron chi connectivity index (χ0n) is 10.7. The van der Waals surface area contributed by atoms with Crippen LogP contribution in [0.15, 0.2) is 10.9 Å². The smallest absolute Gasteiger partial charge is 0.261 e. The van der Waals surface area contributed by atoms with Crippen molar-refractivity contribution in [3.8, 4) is 0 Å². The molecule has 0 atom stereocenters. The lowest BCUT2D eigenvalue weighted by atomic mass is 9.77. The molecule has 1 fully saturated rings. The van der Waals surface area contributed by atoms with Gasteiger partial charge in [-0.2, -0.15) is 0 Å².